The van der Waals surface area contributed by atoms with Crippen molar-refractivity contribution in [2.24, 2.45) is 0 Å². The molecule has 0 aliphatic rings. The zero-order chi connectivity index (χ0) is 12.0. The average Bonchev–Trinajstić information content (AvgIpc) is 2.23. The fourth-order valence-electron chi connectivity index (χ4n) is 1.50. The van der Waals surface area contributed by atoms with Crippen LogP contribution in [-0.4, -0.2) is 26.3 Å². The Bertz CT molecular complexity index is 331. The fraction of sp³-hybridized carbons (Fsp3) is 0.500. The van der Waals surface area contributed by atoms with Crippen molar-refractivity contribution in [1.29, 1.82) is 0 Å². The third kappa shape index (κ3) is 4.24. The molecule has 0 radical (unpaired) electrons. The largest absolute Gasteiger partial charge is 0.383 e. The number of rotatable bonds is 6. The van der Waals surface area contributed by atoms with Gasteiger partial charge in [0.05, 0.1) is 6.61 Å². The summed E-state index contributed by atoms with van der Waals surface area (Å²) >= 11 is 0. The number of ether oxygens (including phenoxy) is 1. The molecule has 1 N–H and O–H groups in total. The highest BCUT2D eigenvalue weighted by molar-refractivity contribution is 5.18. The molecule has 0 fully saturated rings. The van der Waals surface area contributed by atoms with Crippen LogP contribution in [0.15, 0.2) is 18.2 Å². The second-order valence-corrected chi connectivity index (χ2v) is 3.80. The zero-order valence-electron chi connectivity index (χ0n) is 9.59. The molecule has 16 heavy (non-hydrogen) atoms. The first kappa shape index (κ1) is 13.1. The van der Waals surface area contributed by atoms with Gasteiger partial charge in [0.15, 0.2) is 0 Å². The third-order valence-corrected chi connectivity index (χ3v) is 2.31. The van der Waals surface area contributed by atoms with Crippen LogP contribution >= 0.6 is 0 Å². The average molecular weight is 229 g/mol. The second-order valence-electron chi connectivity index (χ2n) is 3.80. The maximum absolute atomic E-state index is 13.2. The smallest absolute Gasteiger partial charge is 0.126 e. The van der Waals surface area contributed by atoms with Crippen LogP contribution in [0.25, 0.3) is 0 Å². The van der Waals surface area contributed by atoms with Gasteiger partial charge in [-0.05, 0) is 43.7 Å². The Hall–Kier alpha value is -1.00. The lowest BCUT2D eigenvalue weighted by Gasteiger charge is -2.12. The Labute approximate surface area is 94.6 Å². The van der Waals surface area contributed by atoms with Crippen molar-refractivity contribution < 1.29 is 13.5 Å². The van der Waals surface area contributed by atoms with Crippen molar-refractivity contribution in [2.75, 3.05) is 20.3 Å². The Morgan fingerprint density at radius 1 is 1.38 bits per heavy atom. The minimum atomic E-state index is -0.402. The monoisotopic (exact) mass is 229 g/mol. The predicted octanol–water partition coefficient (Wildman–Crippen LogP) is 2.13. The van der Waals surface area contributed by atoms with E-state index in [1.165, 1.54) is 6.07 Å². The molecule has 1 unspecified atom stereocenters. The van der Waals surface area contributed by atoms with E-state index in [4.69, 9.17) is 4.74 Å². The molecule has 0 bridgehead atoms. The van der Waals surface area contributed by atoms with Gasteiger partial charge in [-0.25, -0.2) is 8.78 Å². The number of nitrogens with one attached hydrogen (secondary N) is 1. The van der Waals surface area contributed by atoms with E-state index in [1.54, 1.807) is 7.11 Å². The van der Waals surface area contributed by atoms with Crippen LogP contribution < -0.4 is 5.32 Å². The lowest BCUT2D eigenvalue weighted by atomic mass is 10.1. The van der Waals surface area contributed by atoms with Crippen molar-refractivity contribution in [3.05, 3.63) is 35.4 Å². The van der Waals surface area contributed by atoms with Crippen molar-refractivity contribution in [2.45, 2.75) is 19.4 Å². The van der Waals surface area contributed by atoms with E-state index < -0.39 is 5.82 Å². The van der Waals surface area contributed by atoms with Crippen molar-refractivity contribution in [3.63, 3.8) is 0 Å². The summed E-state index contributed by atoms with van der Waals surface area (Å²) in [6, 6.07) is 3.72. The number of methoxy groups -OCH3 is 1. The number of hydrogen-bond acceptors (Lipinski definition) is 2. The SMILES string of the molecule is COCC(C)NCCc1cc(F)ccc1F. The van der Waals surface area contributed by atoms with Gasteiger partial charge in [0.2, 0.25) is 0 Å². The first-order valence-electron chi connectivity index (χ1n) is 5.29. The number of halogens is 2. The summed E-state index contributed by atoms with van der Waals surface area (Å²) in [5, 5.41) is 3.16. The minimum Gasteiger partial charge on any atom is -0.383 e. The second kappa shape index (κ2) is 6.55. The molecule has 0 saturated carbocycles. The fourth-order valence-corrected chi connectivity index (χ4v) is 1.50. The summed E-state index contributed by atoms with van der Waals surface area (Å²) in [5.74, 6) is -0.760. The van der Waals surface area contributed by atoms with Gasteiger partial charge in [0, 0.05) is 13.2 Å². The van der Waals surface area contributed by atoms with Gasteiger partial charge < -0.3 is 10.1 Å². The topological polar surface area (TPSA) is 21.3 Å². The van der Waals surface area contributed by atoms with Crippen molar-refractivity contribution in [1.82, 2.24) is 5.32 Å². The van der Waals surface area contributed by atoms with Crippen LogP contribution in [0.5, 0.6) is 0 Å². The van der Waals surface area contributed by atoms with E-state index in [9.17, 15) is 8.78 Å². The van der Waals surface area contributed by atoms with Crippen molar-refractivity contribution >= 4 is 0 Å². The van der Waals surface area contributed by atoms with Gasteiger partial charge in [-0.15, -0.1) is 0 Å². The van der Waals surface area contributed by atoms with Crippen molar-refractivity contribution in [3.8, 4) is 0 Å². The maximum atomic E-state index is 13.2. The molecule has 1 rings (SSSR count). The molecule has 0 aliphatic carbocycles. The summed E-state index contributed by atoms with van der Waals surface area (Å²) in [6.07, 6.45) is 0.470. The van der Waals surface area contributed by atoms with Crippen LogP contribution in [0, 0.1) is 11.6 Å². The molecule has 0 saturated heterocycles. The van der Waals surface area contributed by atoms with E-state index >= 15 is 0 Å². The molecule has 4 heteroatoms. The third-order valence-electron chi connectivity index (χ3n) is 2.31. The molecule has 0 heterocycles. The first-order valence-corrected chi connectivity index (χ1v) is 5.29. The highest BCUT2D eigenvalue weighted by Gasteiger charge is 2.05. The summed E-state index contributed by atoms with van der Waals surface area (Å²) < 4.78 is 31.0. The highest BCUT2D eigenvalue weighted by atomic mass is 19.1. The lowest BCUT2D eigenvalue weighted by molar-refractivity contribution is 0.172. The molecule has 0 aliphatic heterocycles. The van der Waals surface area contributed by atoms with E-state index in [1.807, 2.05) is 6.92 Å². The Morgan fingerprint density at radius 2 is 2.12 bits per heavy atom. The molecule has 1 aromatic carbocycles. The zero-order valence-corrected chi connectivity index (χ0v) is 9.59. The van der Waals surface area contributed by atoms with Crippen LogP contribution in [0.1, 0.15) is 12.5 Å². The molecule has 1 atom stereocenters. The molecule has 0 spiro atoms. The van der Waals surface area contributed by atoms with Gasteiger partial charge in [-0.2, -0.15) is 0 Å². The molecular weight excluding hydrogens is 212 g/mol. The molecule has 0 amide bonds. The van der Waals surface area contributed by atoms with Gasteiger partial charge in [0.25, 0.3) is 0 Å². The van der Waals surface area contributed by atoms with E-state index in [2.05, 4.69) is 5.32 Å². The molecule has 1 aromatic rings. The normalized spacial score (nSPS) is 12.8. The Morgan fingerprint density at radius 3 is 2.81 bits per heavy atom. The summed E-state index contributed by atoms with van der Waals surface area (Å²) in [4.78, 5) is 0. The Balaban J connectivity index is 2.39. The Kier molecular flexibility index (Phi) is 5.35. The summed E-state index contributed by atoms with van der Waals surface area (Å²) in [5.41, 5.74) is 0.400. The summed E-state index contributed by atoms with van der Waals surface area (Å²) in [7, 11) is 1.63. The molecule has 0 aromatic heterocycles. The molecule has 90 valence electrons. The van der Waals surface area contributed by atoms with Crippen LogP contribution in [-0.2, 0) is 11.2 Å². The molecule has 2 nitrogen and oxygen atoms in total. The van der Waals surface area contributed by atoms with Crippen LogP contribution in [0.2, 0.25) is 0 Å². The van der Waals surface area contributed by atoms with E-state index in [0.29, 0.717) is 25.1 Å². The van der Waals surface area contributed by atoms with Gasteiger partial charge in [-0.1, -0.05) is 0 Å². The van der Waals surface area contributed by atoms with Crippen LogP contribution in [0.4, 0.5) is 8.78 Å². The number of hydrogen-bond donors (Lipinski definition) is 1. The predicted molar refractivity (Wildman–Crippen MR) is 59.4 cm³/mol. The quantitative estimate of drug-likeness (QED) is 0.807. The van der Waals surface area contributed by atoms with Gasteiger partial charge >= 0.3 is 0 Å². The standard InChI is InChI=1S/C12H17F2NO/c1-9(8-16-2)15-6-5-10-7-11(13)3-4-12(10)14/h3-4,7,9,15H,5-6,8H2,1-2H3. The summed E-state index contributed by atoms with van der Waals surface area (Å²) in [6.45, 7) is 3.18. The number of benzene rings is 1. The maximum Gasteiger partial charge on any atom is 0.126 e. The lowest BCUT2D eigenvalue weighted by Crippen LogP contribution is -2.31. The van der Waals surface area contributed by atoms with Gasteiger partial charge in [0.1, 0.15) is 11.6 Å². The first-order chi connectivity index (χ1) is 7.63. The van der Waals surface area contributed by atoms with E-state index in [-0.39, 0.29) is 11.9 Å². The highest BCUT2D eigenvalue weighted by Crippen LogP contribution is 2.09. The molecular formula is C12H17F2NO. The van der Waals surface area contributed by atoms with Crippen LogP contribution in [0.3, 0.4) is 0 Å². The van der Waals surface area contributed by atoms with Gasteiger partial charge in [-0.3, -0.25) is 0 Å². The van der Waals surface area contributed by atoms with E-state index in [0.717, 1.165) is 12.1 Å². The minimum absolute atomic E-state index is 0.210.